The Morgan fingerprint density at radius 2 is 1.93 bits per heavy atom. The number of amides is 3. The minimum absolute atomic E-state index is 0.0691. The molecule has 0 bridgehead atoms. The number of carbonyl (C=O) groups is 2. The molecule has 6 heteroatoms. The van der Waals surface area contributed by atoms with Gasteiger partial charge in [0.05, 0.1) is 18.3 Å². The molecule has 3 rings (SSSR count). The molecule has 3 amide bonds. The van der Waals surface area contributed by atoms with Crippen molar-refractivity contribution in [1.29, 1.82) is 5.26 Å². The number of nitriles is 1. The predicted octanol–water partition coefficient (Wildman–Crippen LogP) is 3.23. The zero-order valence-electron chi connectivity index (χ0n) is 16.2. The molecule has 1 spiro atoms. The highest BCUT2D eigenvalue weighted by molar-refractivity contribution is 6.07. The molecular formula is C21H28N4O2. The standard InChI is InChI=1S/C21H28N4O2/c1-3-12-24(14-18-6-4-17(13-22)5-7-18)15-25-19(26)21(23-20(25)27)10-8-16(2)9-11-21/h4-7,16H,3,8-12,14-15H2,1-2H3,(H,23,27). The Hall–Kier alpha value is -2.39. The molecule has 0 aromatic heterocycles. The number of urea groups is 1. The topological polar surface area (TPSA) is 76.4 Å². The highest BCUT2D eigenvalue weighted by Crippen LogP contribution is 2.36. The van der Waals surface area contributed by atoms with Gasteiger partial charge in [-0.25, -0.2) is 9.69 Å². The molecule has 1 saturated heterocycles. The minimum Gasteiger partial charge on any atom is -0.323 e. The van der Waals surface area contributed by atoms with Gasteiger partial charge >= 0.3 is 6.03 Å². The minimum atomic E-state index is -0.685. The first-order valence-corrected chi connectivity index (χ1v) is 9.83. The summed E-state index contributed by atoms with van der Waals surface area (Å²) in [5, 5.41) is 11.9. The maximum absolute atomic E-state index is 13.1. The van der Waals surface area contributed by atoms with Crippen LogP contribution in [-0.2, 0) is 11.3 Å². The van der Waals surface area contributed by atoms with E-state index in [0.29, 0.717) is 24.7 Å². The lowest BCUT2D eigenvalue weighted by molar-refractivity contribution is -0.134. The molecule has 2 fully saturated rings. The fourth-order valence-electron chi connectivity index (χ4n) is 4.06. The van der Waals surface area contributed by atoms with Crippen LogP contribution >= 0.6 is 0 Å². The summed E-state index contributed by atoms with van der Waals surface area (Å²) in [5.41, 5.74) is 1.01. The quantitative estimate of drug-likeness (QED) is 0.782. The number of hydrogen-bond acceptors (Lipinski definition) is 4. The Morgan fingerprint density at radius 1 is 1.26 bits per heavy atom. The van der Waals surface area contributed by atoms with Crippen molar-refractivity contribution in [3.05, 3.63) is 35.4 Å². The first-order valence-electron chi connectivity index (χ1n) is 9.83. The predicted molar refractivity (Wildman–Crippen MR) is 102 cm³/mol. The molecule has 1 heterocycles. The molecule has 1 aromatic carbocycles. The van der Waals surface area contributed by atoms with Crippen LogP contribution in [-0.4, -0.2) is 40.5 Å². The molecule has 1 aromatic rings. The number of benzene rings is 1. The molecular weight excluding hydrogens is 340 g/mol. The van der Waals surface area contributed by atoms with Crippen molar-refractivity contribution < 1.29 is 9.59 Å². The van der Waals surface area contributed by atoms with Crippen molar-refractivity contribution in [1.82, 2.24) is 15.1 Å². The van der Waals surface area contributed by atoms with E-state index in [1.165, 1.54) is 4.90 Å². The van der Waals surface area contributed by atoms with Gasteiger partial charge in [-0.3, -0.25) is 9.69 Å². The van der Waals surface area contributed by atoms with Gasteiger partial charge in [0.25, 0.3) is 5.91 Å². The fourth-order valence-corrected chi connectivity index (χ4v) is 4.06. The average molecular weight is 368 g/mol. The van der Waals surface area contributed by atoms with Crippen LogP contribution in [0.4, 0.5) is 4.79 Å². The molecule has 0 unspecified atom stereocenters. The van der Waals surface area contributed by atoms with Gasteiger partial charge in [-0.2, -0.15) is 5.26 Å². The van der Waals surface area contributed by atoms with Crippen molar-refractivity contribution in [2.24, 2.45) is 5.92 Å². The third-order valence-corrected chi connectivity index (χ3v) is 5.74. The molecule has 0 atom stereocenters. The molecule has 27 heavy (non-hydrogen) atoms. The molecule has 1 aliphatic heterocycles. The summed E-state index contributed by atoms with van der Waals surface area (Å²) in [6.07, 6.45) is 4.35. The number of imide groups is 1. The lowest BCUT2D eigenvalue weighted by Crippen LogP contribution is -2.50. The maximum Gasteiger partial charge on any atom is 0.326 e. The third-order valence-electron chi connectivity index (χ3n) is 5.74. The number of hydrogen-bond donors (Lipinski definition) is 1. The monoisotopic (exact) mass is 368 g/mol. The van der Waals surface area contributed by atoms with Crippen LogP contribution in [0.25, 0.3) is 0 Å². The Balaban J connectivity index is 1.69. The molecule has 6 nitrogen and oxygen atoms in total. The second kappa shape index (κ2) is 8.10. The number of carbonyl (C=O) groups excluding carboxylic acids is 2. The van der Waals surface area contributed by atoms with Crippen LogP contribution in [0.3, 0.4) is 0 Å². The molecule has 1 aliphatic carbocycles. The summed E-state index contributed by atoms with van der Waals surface area (Å²) < 4.78 is 0. The van der Waals surface area contributed by atoms with Gasteiger partial charge in [0.2, 0.25) is 0 Å². The van der Waals surface area contributed by atoms with Crippen LogP contribution in [0, 0.1) is 17.2 Å². The molecule has 2 aliphatic rings. The molecule has 0 radical (unpaired) electrons. The highest BCUT2D eigenvalue weighted by Gasteiger charge is 2.52. The zero-order chi connectivity index (χ0) is 19.4. The van der Waals surface area contributed by atoms with E-state index in [-0.39, 0.29) is 11.9 Å². The molecule has 144 valence electrons. The fraction of sp³-hybridized carbons (Fsp3) is 0.571. The number of nitrogens with one attached hydrogen (secondary N) is 1. The Morgan fingerprint density at radius 3 is 2.52 bits per heavy atom. The van der Waals surface area contributed by atoms with Crippen molar-refractivity contribution in [2.45, 2.75) is 58.0 Å². The molecule has 1 N–H and O–H groups in total. The van der Waals surface area contributed by atoms with Crippen LogP contribution in [0.15, 0.2) is 24.3 Å². The summed E-state index contributed by atoms with van der Waals surface area (Å²) in [6.45, 7) is 6.02. The lowest BCUT2D eigenvalue weighted by atomic mass is 9.77. The van der Waals surface area contributed by atoms with Crippen molar-refractivity contribution in [2.75, 3.05) is 13.2 Å². The maximum atomic E-state index is 13.1. The highest BCUT2D eigenvalue weighted by atomic mass is 16.2. The van der Waals surface area contributed by atoms with Crippen molar-refractivity contribution in [3.8, 4) is 6.07 Å². The summed E-state index contributed by atoms with van der Waals surface area (Å²) in [5.74, 6) is 0.544. The zero-order valence-corrected chi connectivity index (χ0v) is 16.2. The summed E-state index contributed by atoms with van der Waals surface area (Å²) in [4.78, 5) is 29.1. The summed E-state index contributed by atoms with van der Waals surface area (Å²) in [6, 6.07) is 9.30. The van der Waals surface area contributed by atoms with E-state index in [0.717, 1.165) is 44.2 Å². The van der Waals surface area contributed by atoms with Crippen LogP contribution < -0.4 is 5.32 Å². The van der Waals surface area contributed by atoms with Crippen LogP contribution in [0.1, 0.15) is 57.1 Å². The van der Waals surface area contributed by atoms with E-state index in [1.807, 2.05) is 12.1 Å². The average Bonchev–Trinajstić information content (AvgIpc) is 2.89. The van der Waals surface area contributed by atoms with Gasteiger partial charge in [-0.1, -0.05) is 26.0 Å². The normalized spacial score (nSPS) is 25.1. The lowest BCUT2D eigenvalue weighted by Gasteiger charge is -2.34. The summed E-state index contributed by atoms with van der Waals surface area (Å²) >= 11 is 0. The van der Waals surface area contributed by atoms with Crippen LogP contribution in [0.2, 0.25) is 0 Å². The van der Waals surface area contributed by atoms with E-state index < -0.39 is 5.54 Å². The number of nitrogens with zero attached hydrogens (tertiary/aromatic N) is 3. The van der Waals surface area contributed by atoms with Crippen molar-refractivity contribution in [3.63, 3.8) is 0 Å². The van der Waals surface area contributed by atoms with Gasteiger partial charge in [0, 0.05) is 6.54 Å². The second-order valence-electron chi connectivity index (χ2n) is 7.93. The first kappa shape index (κ1) is 19.4. The van der Waals surface area contributed by atoms with Gasteiger partial charge in [-0.05, 0) is 62.3 Å². The molecule has 1 saturated carbocycles. The Bertz CT molecular complexity index is 730. The Kier molecular flexibility index (Phi) is 5.81. The third kappa shape index (κ3) is 4.14. The first-order chi connectivity index (χ1) is 13.0. The van der Waals surface area contributed by atoms with Gasteiger partial charge in [0.15, 0.2) is 0 Å². The number of rotatable bonds is 6. The van der Waals surface area contributed by atoms with E-state index in [9.17, 15) is 9.59 Å². The summed E-state index contributed by atoms with van der Waals surface area (Å²) in [7, 11) is 0. The van der Waals surface area contributed by atoms with Crippen molar-refractivity contribution >= 4 is 11.9 Å². The largest absolute Gasteiger partial charge is 0.326 e. The van der Waals surface area contributed by atoms with Gasteiger partial charge in [-0.15, -0.1) is 0 Å². The smallest absolute Gasteiger partial charge is 0.323 e. The van der Waals surface area contributed by atoms with E-state index in [2.05, 4.69) is 30.1 Å². The van der Waals surface area contributed by atoms with Gasteiger partial charge < -0.3 is 5.32 Å². The van der Waals surface area contributed by atoms with E-state index >= 15 is 0 Å². The van der Waals surface area contributed by atoms with Crippen LogP contribution in [0.5, 0.6) is 0 Å². The Labute approximate surface area is 161 Å². The van der Waals surface area contributed by atoms with E-state index in [1.54, 1.807) is 12.1 Å². The van der Waals surface area contributed by atoms with E-state index in [4.69, 9.17) is 5.26 Å². The van der Waals surface area contributed by atoms with Gasteiger partial charge in [0.1, 0.15) is 5.54 Å². The second-order valence-corrected chi connectivity index (χ2v) is 7.93. The SMILES string of the molecule is CCCN(Cc1ccc(C#N)cc1)CN1C(=O)NC2(CCC(C)CC2)C1=O.